The van der Waals surface area contributed by atoms with Crippen LogP contribution in [0, 0.1) is 0 Å². The number of halogens is 2. The van der Waals surface area contributed by atoms with E-state index in [2.05, 4.69) is 10.2 Å². The summed E-state index contributed by atoms with van der Waals surface area (Å²) in [6, 6.07) is 6.49. The number of aliphatic hydroxyl groups is 1. The van der Waals surface area contributed by atoms with E-state index in [-0.39, 0.29) is 0 Å². The van der Waals surface area contributed by atoms with Gasteiger partial charge in [-0.05, 0) is 62.5 Å². The molecular formula is C16H22Cl2N2O. The molecule has 2 saturated heterocycles. The Morgan fingerprint density at radius 2 is 1.95 bits per heavy atom. The summed E-state index contributed by atoms with van der Waals surface area (Å²) in [5.41, 5.74) is 0.776. The highest BCUT2D eigenvalue weighted by molar-refractivity contribution is 6.34. The summed E-state index contributed by atoms with van der Waals surface area (Å²) in [6.45, 7) is 3.00. The van der Waals surface area contributed by atoms with Gasteiger partial charge in [0, 0.05) is 28.7 Å². The van der Waals surface area contributed by atoms with Crippen molar-refractivity contribution < 1.29 is 5.11 Å². The van der Waals surface area contributed by atoms with Crippen LogP contribution in [-0.4, -0.2) is 41.7 Å². The van der Waals surface area contributed by atoms with E-state index in [4.69, 9.17) is 23.2 Å². The van der Waals surface area contributed by atoms with Crippen molar-refractivity contribution in [3.05, 3.63) is 33.8 Å². The van der Waals surface area contributed by atoms with Gasteiger partial charge in [-0.3, -0.25) is 0 Å². The minimum atomic E-state index is -0.567. The number of rotatable bonds is 4. The van der Waals surface area contributed by atoms with E-state index in [1.165, 1.54) is 38.8 Å². The Hall–Kier alpha value is -0.320. The van der Waals surface area contributed by atoms with E-state index in [9.17, 15) is 5.11 Å². The second kappa shape index (κ2) is 6.84. The van der Waals surface area contributed by atoms with Gasteiger partial charge >= 0.3 is 0 Å². The molecule has 0 aliphatic carbocycles. The molecule has 3 unspecified atom stereocenters. The summed E-state index contributed by atoms with van der Waals surface area (Å²) in [5, 5.41) is 14.9. The van der Waals surface area contributed by atoms with Crippen LogP contribution in [0.1, 0.15) is 37.4 Å². The highest BCUT2D eigenvalue weighted by atomic mass is 35.5. The molecule has 0 bridgehead atoms. The van der Waals surface area contributed by atoms with Gasteiger partial charge in [0.05, 0.1) is 6.10 Å². The number of hydrogen-bond acceptors (Lipinski definition) is 3. The Morgan fingerprint density at radius 1 is 1.19 bits per heavy atom. The van der Waals surface area contributed by atoms with Gasteiger partial charge in [0.25, 0.3) is 0 Å². The largest absolute Gasteiger partial charge is 0.387 e. The molecule has 2 aliphatic rings. The van der Waals surface area contributed by atoms with E-state index in [1.807, 2.05) is 0 Å². The number of aliphatic hydroxyl groups excluding tert-OH is 1. The van der Waals surface area contributed by atoms with Gasteiger partial charge in [0.2, 0.25) is 0 Å². The maximum Gasteiger partial charge on any atom is 0.0915 e. The number of nitrogens with zero attached hydrogens (tertiary/aromatic N) is 1. The quantitative estimate of drug-likeness (QED) is 0.890. The standard InChI is InChI=1S/C16H22Cl2N2O/c17-12-6-11(7-13(18)8-12)16(21)10-19-14-3-5-20-4-1-2-15(20)9-14/h6-8,14-16,19,21H,1-5,9-10H2. The Balaban J connectivity index is 1.52. The lowest BCUT2D eigenvalue weighted by Gasteiger charge is -2.35. The first kappa shape index (κ1) is 15.6. The summed E-state index contributed by atoms with van der Waals surface area (Å²) in [7, 11) is 0. The summed E-state index contributed by atoms with van der Waals surface area (Å²) in [4.78, 5) is 2.60. The highest BCUT2D eigenvalue weighted by Gasteiger charge is 2.31. The van der Waals surface area contributed by atoms with Crippen molar-refractivity contribution in [2.75, 3.05) is 19.6 Å². The molecule has 2 fully saturated rings. The van der Waals surface area contributed by atoms with E-state index in [0.29, 0.717) is 22.6 Å². The molecule has 21 heavy (non-hydrogen) atoms. The first-order chi connectivity index (χ1) is 10.1. The first-order valence-corrected chi connectivity index (χ1v) is 8.49. The van der Waals surface area contributed by atoms with Gasteiger partial charge in [-0.1, -0.05) is 23.2 Å². The second-order valence-electron chi connectivity index (χ2n) is 6.18. The topological polar surface area (TPSA) is 35.5 Å². The molecule has 116 valence electrons. The highest BCUT2D eigenvalue weighted by Crippen LogP contribution is 2.27. The molecule has 0 aromatic heterocycles. The maximum absolute atomic E-state index is 10.3. The number of benzene rings is 1. The van der Waals surface area contributed by atoms with Gasteiger partial charge in [-0.2, -0.15) is 0 Å². The second-order valence-corrected chi connectivity index (χ2v) is 7.05. The molecule has 1 aromatic rings. The number of fused-ring (bicyclic) bond motifs is 1. The van der Waals surface area contributed by atoms with Crippen molar-refractivity contribution in [1.29, 1.82) is 0 Å². The molecule has 3 atom stereocenters. The van der Waals surface area contributed by atoms with E-state index >= 15 is 0 Å². The van der Waals surface area contributed by atoms with Crippen LogP contribution in [0.15, 0.2) is 18.2 Å². The van der Waals surface area contributed by atoms with E-state index in [0.717, 1.165) is 11.6 Å². The molecule has 5 heteroatoms. The minimum Gasteiger partial charge on any atom is -0.387 e. The minimum absolute atomic E-state index is 0.508. The number of nitrogens with one attached hydrogen (secondary N) is 1. The van der Waals surface area contributed by atoms with E-state index in [1.54, 1.807) is 18.2 Å². The lowest BCUT2D eigenvalue weighted by atomic mass is 9.97. The van der Waals surface area contributed by atoms with Crippen LogP contribution < -0.4 is 5.32 Å². The van der Waals surface area contributed by atoms with Crippen LogP contribution >= 0.6 is 23.2 Å². The van der Waals surface area contributed by atoms with Crippen LogP contribution in [-0.2, 0) is 0 Å². The number of piperidine rings is 1. The Kier molecular flexibility index (Phi) is 5.07. The molecule has 0 spiro atoms. The third-order valence-electron chi connectivity index (χ3n) is 4.69. The van der Waals surface area contributed by atoms with Crippen molar-refractivity contribution >= 4 is 23.2 Å². The molecule has 0 radical (unpaired) electrons. The molecular weight excluding hydrogens is 307 g/mol. The molecule has 2 heterocycles. The summed E-state index contributed by atoms with van der Waals surface area (Å²) >= 11 is 12.0. The van der Waals surface area contributed by atoms with Gasteiger partial charge < -0.3 is 15.3 Å². The van der Waals surface area contributed by atoms with Gasteiger partial charge in [-0.25, -0.2) is 0 Å². The maximum atomic E-state index is 10.3. The fourth-order valence-corrected chi connectivity index (χ4v) is 4.12. The monoisotopic (exact) mass is 328 g/mol. The van der Waals surface area contributed by atoms with Crippen LogP contribution in [0.5, 0.6) is 0 Å². The average molecular weight is 329 g/mol. The SMILES string of the molecule is OC(CNC1CCN2CCCC2C1)c1cc(Cl)cc(Cl)c1. The van der Waals surface area contributed by atoms with Crippen LogP contribution in [0.25, 0.3) is 0 Å². The van der Waals surface area contributed by atoms with Crippen LogP contribution in [0.3, 0.4) is 0 Å². The van der Waals surface area contributed by atoms with Crippen LogP contribution in [0.2, 0.25) is 10.0 Å². The zero-order valence-corrected chi connectivity index (χ0v) is 13.6. The number of hydrogen-bond donors (Lipinski definition) is 2. The Labute approximate surface area is 136 Å². The molecule has 0 saturated carbocycles. The van der Waals surface area contributed by atoms with E-state index < -0.39 is 6.10 Å². The zero-order valence-electron chi connectivity index (χ0n) is 12.1. The smallest absolute Gasteiger partial charge is 0.0915 e. The van der Waals surface area contributed by atoms with Crippen molar-refractivity contribution in [3.8, 4) is 0 Å². The molecule has 1 aromatic carbocycles. The van der Waals surface area contributed by atoms with Crippen LogP contribution in [0.4, 0.5) is 0 Å². The predicted molar refractivity (Wildman–Crippen MR) is 87.0 cm³/mol. The van der Waals surface area contributed by atoms with Gasteiger partial charge in [0.15, 0.2) is 0 Å². The predicted octanol–water partition coefficient (Wildman–Crippen LogP) is 3.24. The zero-order chi connectivity index (χ0) is 14.8. The molecule has 0 amide bonds. The first-order valence-electron chi connectivity index (χ1n) is 7.73. The van der Waals surface area contributed by atoms with Gasteiger partial charge in [-0.15, -0.1) is 0 Å². The van der Waals surface area contributed by atoms with Crippen molar-refractivity contribution in [1.82, 2.24) is 10.2 Å². The summed E-state index contributed by atoms with van der Waals surface area (Å²) < 4.78 is 0. The molecule has 2 aliphatic heterocycles. The summed E-state index contributed by atoms with van der Waals surface area (Å²) in [5.74, 6) is 0. The molecule has 3 rings (SSSR count). The Bertz CT molecular complexity index is 477. The van der Waals surface area contributed by atoms with Gasteiger partial charge in [0.1, 0.15) is 0 Å². The van der Waals surface area contributed by atoms with Crippen molar-refractivity contribution in [3.63, 3.8) is 0 Å². The summed E-state index contributed by atoms with van der Waals surface area (Å²) in [6.07, 6.45) is 4.46. The fraction of sp³-hybridized carbons (Fsp3) is 0.625. The normalized spacial score (nSPS) is 27.6. The molecule has 3 nitrogen and oxygen atoms in total. The Morgan fingerprint density at radius 3 is 2.71 bits per heavy atom. The molecule has 2 N–H and O–H groups in total. The van der Waals surface area contributed by atoms with Crippen molar-refractivity contribution in [2.24, 2.45) is 0 Å². The third kappa shape index (κ3) is 3.91. The fourth-order valence-electron chi connectivity index (χ4n) is 3.57. The van der Waals surface area contributed by atoms with Crippen molar-refractivity contribution in [2.45, 2.75) is 43.9 Å². The third-order valence-corrected chi connectivity index (χ3v) is 5.13. The lowest BCUT2D eigenvalue weighted by molar-refractivity contribution is 0.138. The lowest BCUT2D eigenvalue weighted by Crippen LogP contribution is -2.46. The average Bonchev–Trinajstić information content (AvgIpc) is 2.91.